The van der Waals surface area contributed by atoms with E-state index < -0.39 is 0 Å². The first-order valence-corrected chi connectivity index (χ1v) is 10.9. The fourth-order valence-electron chi connectivity index (χ4n) is 3.96. The van der Waals surface area contributed by atoms with E-state index in [0.717, 1.165) is 54.2 Å². The Bertz CT molecular complexity index is 1290. The van der Waals surface area contributed by atoms with Crippen molar-refractivity contribution in [3.05, 3.63) is 77.2 Å². The highest BCUT2D eigenvalue weighted by atomic mass is 35.5. The smallest absolute Gasteiger partial charge is 0.274 e. The van der Waals surface area contributed by atoms with Gasteiger partial charge in [0.1, 0.15) is 5.69 Å². The Hall–Kier alpha value is -3.42. The van der Waals surface area contributed by atoms with Gasteiger partial charge in [0.2, 0.25) is 0 Å². The van der Waals surface area contributed by atoms with Gasteiger partial charge in [0.05, 0.1) is 17.6 Å². The number of hydrogen-bond acceptors (Lipinski definition) is 5. The van der Waals surface area contributed by atoms with Crippen LogP contribution in [0, 0.1) is 6.92 Å². The van der Waals surface area contributed by atoms with E-state index in [-0.39, 0.29) is 5.91 Å². The fourth-order valence-corrected chi connectivity index (χ4v) is 4.15. The third-order valence-electron chi connectivity index (χ3n) is 5.60. The van der Waals surface area contributed by atoms with Gasteiger partial charge >= 0.3 is 0 Å². The van der Waals surface area contributed by atoms with Gasteiger partial charge in [0, 0.05) is 43.0 Å². The fraction of sp³-hybridized carbons (Fsp3) is 0.208. The Morgan fingerprint density at radius 3 is 2.78 bits per heavy atom. The van der Waals surface area contributed by atoms with Crippen LogP contribution < -0.4 is 15.5 Å². The van der Waals surface area contributed by atoms with Crippen molar-refractivity contribution in [3.63, 3.8) is 0 Å². The minimum Gasteiger partial charge on any atom is -0.367 e. The van der Waals surface area contributed by atoms with Crippen molar-refractivity contribution in [1.29, 1.82) is 0 Å². The molecule has 7 nitrogen and oxygen atoms in total. The monoisotopic (exact) mass is 446 g/mol. The van der Waals surface area contributed by atoms with Crippen molar-refractivity contribution < 1.29 is 4.79 Å². The normalized spacial score (nSPS) is 14.0. The maximum Gasteiger partial charge on any atom is 0.274 e. The van der Waals surface area contributed by atoms with E-state index >= 15 is 0 Å². The van der Waals surface area contributed by atoms with Crippen LogP contribution in [0.4, 0.5) is 11.4 Å². The van der Waals surface area contributed by atoms with Gasteiger partial charge in [-0.05, 0) is 48.4 Å². The summed E-state index contributed by atoms with van der Waals surface area (Å²) in [5.74, 6) is -0.258. The molecule has 2 N–H and O–H groups in total. The number of anilines is 2. The first-order chi connectivity index (χ1) is 15.6. The third kappa shape index (κ3) is 4.04. The molecule has 1 amide bonds. The molecule has 1 aliphatic rings. The van der Waals surface area contributed by atoms with E-state index in [1.165, 1.54) is 0 Å². The average molecular weight is 447 g/mol. The molecular formula is C24H23ClN6O. The molecule has 1 aliphatic heterocycles. The van der Waals surface area contributed by atoms with Crippen LogP contribution in [-0.2, 0) is 0 Å². The summed E-state index contributed by atoms with van der Waals surface area (Å²) in [4.78, 5) is 20.1. The Balaban J connectivity index is 1.46. The number of rotatable bonds is 4. The maximum absolute atomic E-state index is 13.1. The first kappa shape index (κ1) is 20.5. The van der Waals surface area contributed by atoms with Gasteiger partial charge in [-0.3, -0.25) is 4.79 Å². The SMILES string of the molecule is Cc1ccc(NC(=O)c2ccn3ncc(-c4cccc(Cl)c4)c3n2)c(N2CCNCC2)c1. The number of fused-ring (bicyclic) bond motifs is 1. The number of hydrogen-bond donors (Lipinski definition) is 2. The molecule has 1 saturated heterocycles. The largest absolute Gasteiger partial charge is 0.367 e. The van der Waals surface area contributed by atoms with Gasteiger partial charge in [-0.1, -0.05) is 29.8 Å². The van der Waals surface area contributed by atoms with Crippen LogP contribution in [0.15, 0.2) is 60.9 Å². The molecule has 0 spiro atoms. The van der Waals surface area contributed by atoms with Crippen LogP contribution in [0.2, 0.25) is 5.02 Å². The topological polar surface area (TPSA) is 74.6 Å². The molecule has 2 aromatic heterocycles. The summed E-state index contributed by atoms with van der Waals surface area (Å²) in [7, 11) is 0. The van der Waals surface area contributed by atoms with Crippen LogP contribution in [0.5, 0.6) is 0 Å². The molecule has 0 unspecified atom stereocenters. The van der Waals surface area contributed by atoms with E-state index in [0.29, 0.717) is 16.4 Å². The molecule has 0 atom stereocenters. The van der Waals surface area contributed by atoms with Crippen molar-refractivity contribution in [2.75, 3.05) is 36.4 Å². The number of piperazine rings is 1. The summed E-state index contributed by atoms with van der Waals surface area (Å²) in [6.07, 6.45) is 3.48. The molecule has 8 heteroatoms. The Morgan fingerprint density at radius 2 is 1.97 bits per heavy atom. The van der Waals surface area contributed by atoms with Crippen LogP contribution in [-0.4, -0.2) is 46.7 Å². The van der Waals surface area contributed by atoms with Crippen molar-refractivity contribution in [1.82, 2.24) is 19.9 Å². The summed E-state index contributed by atoms with van der Waals surface area (Å²) in [5.41, 5.74) is 5.62. The summed E-state index contributed by atoms with van der Waals surface area (Å²) < 4.78 is 1.66. The van der Waals surface area contributed by atoms with Gasteiger partial charge in [0.15, 0.2) is 5.65 Å². The molecule has 0 radical (unpaired) electrons. The number of carbonyl (C=O) groups excluding carboxylic acids is 1. The lowest BCUT2D eigenvalue weighted by atomic mass is 10.1. The predicted octanol–water partition coefficient (Wildman–Crippen LogP) is 4.02. The Morgan fingerprint density at radius 1 is 1.12 bits per heavy atom. The van der Waals surface area contributed by atoms with Gasteiger partial charge in [-0.25, -0.2) is 9.50 Å². The van der Waals surface area contributed by atoms with Crippen LogP contribution in [0.3, 0.4) is 0 Å². The van der Waals surface area contributed by atoms with Crippen molar-refractivity contribution >= 4 is 34.5 Å². The van der Waals surface area contributed by atoms with Crippen LogP contribution >= 0.6 is 11.6 Å². The second-order valence-electron chi connectivity index (χ2n) is 7.86. The average Bonchev–Trinajstić information content (AvgIpc) is 3.24. The highest BCUT2D eigenvalue weighted by Crippen LogP contribution is 2.29. The first-order valence-electron chi connectivity index (χ1n) is 10.6. The van der Waals surface area contributed by atoms with Crippen LogP contribution in [0.25, 0.3) is 16.8 Å². The third-order valence-corrected chi connectivity index (χ3v) is 5.83. The number of halogens is 1. The molecule has 5 rings (SSSR count). The van der Waals surface area contributed by atoms with Crippen molar-refractivity contribution in [2.45, 2.75) is 6.92 Å². The summed E-state index contributed by atoms with van der Waals surface area (Å²) in [6.45, 7) is 5.70. The molecule has 162 valence electrons. The van der Waals surface area contributed by atoms with Gasteiger partial charge in [-0.15, -0.1) is 0 Å². The summed E-state index contributed by atoms with van der Waals surface area (Å²) in [6, 6.07) is 15.3. The van der Waals surface area contributed by atoms with Gasteiger partial charge < -0.3 is 15.5 Å². The number of aryl methyl sites for hydroxylation is 1. The quantitative estimate of drug-likeness (QED) is 0.495. The van der Waals surface area contributed by atoms with Gasteiger partial charge in [-0.2, -0.15) is 5.10 Å². The zero-order valence-electron chi connectivity index (χ0n) is 17.7. The molecule has 32 heavy (non-hydrogen) atoms. The number of carbonyl (C=O) groups is 1. The van der Waals surface area contributed by atoms with E-state index in [1.54, 1.807) is 23.0 Å². The molecule has 0 bridgehead atoms. The van der Waals surface area contributed by atoms with E-state index in [2.05, 4.69) is 38.6 Å². The van der Waals surface area contributed by atoms with Crippen molar-refractivity contribution in [2.24, 2.45) is 0 Å². The number of amides is 1. The van der Waals surface area contributed by atoms with E-state index in [1.807, 2.05) is 36.4 Å². The van der Waals surface area contributed by atoms with E-state index in [9.17, 15) is 4.79 Å². The molecule has 2 aromatic carbocycles. The standard InChI is InChI=1S/C24H23ClN6O/c1-16-5-6-20(22(13-16)30-11-8-26-9-12-30)29-24(32)21-7-10-31-23(28-21)19(15-27-31)17-3-2-4-18(25)14-17/h2-7,10,13-15,26H,8-9,11-12H2,1H3,(H,29,32). The molecular weight excluding hydrogens is 424 g/mol. The van der Waals surface area contributed by atoms with E-state index in [4.69, 9.17) is 11.6 Å². The number of benzene rings is 2. The second-order valence-corrected chi connectivity index (χ2v) is 8.30. The molecule has 0 aliphatic carbocycles. The number of nitrogens with one attached hydrogen (secondary N) is 2. The highest BCUT2D eigenvalue weighted by Gasteiger charge is 2.18. The number of nitrogens with zero attached hydrogens (tertiary/aromatic N) is 4. The van der Waals surface area contributed by atoms with Crippen molar-refractivity contribution in [3.8, 4) is 11.1 Å². The summed E-state index contributed by atoms with van der Waals surface area (Å²) in [5, 5.41) is 11.4. The zero-order chi connectivity index (χ0) is 22.1. The molecule has 1 fully saturated rings. The molecule has 0 saturated carbocycles. The molecule has 4 aromatic rings. The zero-order valence-corrected chi connectivity index (χ0v) is 18.4. The lowest BCUT2D eigenvalue weighted by molar-refractivity contribution is 0.102. The second kappa shape index (κ2) is 8.61. The minimum absolute atomic E-state index is 0.258. The Kier molecular flexibility index (Phi) is 5.51. The molecule has 3 heterocycles. The maximum atomic E-state index is 13.1. The lowest BCUT2D eigenvalue weighted by Gasteiger charge is -2.31. The Labute approximate surface area is 191 Å². The lowest BCUT2D eigenvalue weighted by Crippen LogP contribution is -2.43. The van der Waals surface area contributed by atoms with Gasteiger partial charge in [0.25, 0.3) is 5.91 Å². The minimum atomic E-state index is -0.258. The number of aromatic nitrogens is 3. The summed E-state index contributed by atoms with van der Waals surface area (Å²) >= 11 is 6.16. The van der Waals surface area contributed by atoms with Crippen LogP contribution in [0.1, 0.15) is 16.1 Å². The highest BCUT2D eigenvalue weighted by molar-refractivity contribution is 6.30. The predicted molar refractivity (Wildman–Crippen MR) is 128 cm³/mol.